The maximum Gasteiger partial charge on any atom is 0.426 e. The molecule has 0 unspecified atom stereocenters. The summed E-state index contributed by atoms with van der Waals surface area (Å²) in [5.74, 6) is -7.19. The van der Waals surface area contributed by atoms with Crippen LogP contribution >= 0.6 is 0 Å². The molecule has 3 nitrogen and oxygen atoms in total. The number of rotatable bonds is 9. The van der Waals surface area contributed by atoms with Gasteiger partial charge >= 0.3 is 6.11 Å². The van der Waals surface area contributed by atoms with Crippen LogP contribution in [0.15, 0.2) is 85.5 Å². The molecule has 224 valence electrons. The average molecular weight is 603 g/mol. The van der Waals surface area contributed by atoms with Gasteiger partial charge in [-0.15, -0.1) is 6.58 Å². The lowest BCUT2D eigenvalue weighted by Gasteiger charge is -2.29. The van der Waals surface area contributed by atoms with E-state index < -0.39 is 52.8 Å². The third-order valence-electron chi connectivity index (χ3n) is 7.03. The van der Waals surface area contributed by atoms with Crippen LogP contribution in [0, 0.1) is 35.0 Å². The molecule has 1 saturated heterocycles. The van der Waals surface area contributed by atoms with Gasteiger partial charge in [-0.3, -0.25) is 0 Å². The molecule has 0 aliphatic carbocycles. The van der Waals surface area contributed by atoms with E-state index in [1.807, 2.05) is 6.08 Å². The van der Waals surface area contributed by atoms with Crippen molar-refractivity contribution in [1.29, 1.82) is 0 Å². The van der Waals surface area contributed by atoms with Crippen molar-refractivity contribution < 1.29 is 44.9 Å². The van der Waals surface area contributed by atoms with Crippen molar-refractivity contribution in [3.63, 3.8) is 0 Å². The van der Waals surface area contributed by atoms with E-state index in [1.165, 1.54) is 36.4 Å². The first-order valence-corrected chi connectivity index (χ1v) is 13.3. The summed E-state index contributed by atoms with van der Waals surface area (Å²) in [6.07, 6.45) is -1.18. The van der Waals surface area contributed by atoms with Crippen molar-refractivity contribution in [3.05, 3.63) is 126 Å². The van der Waals surface area contributed by atoms with Crippen LogP contribution < -0.4 is 4.74 Å². The highest BCUT2D eigenvalue weighted by Crippen LogP contribution is 2.36. The highest BCUT2D eigenvalue weighted by molar-refractivity contribution is 5.71. The maximum absolute atomic E-state index is 15.1. The number of ether oxygens (including phenoxy) is 3. The van der Waals surface area contributed by atoms with Crippen molar-refractivity contribution in [2.45, 2.75) is 25.2 Å². The topological polar surface area (TPSA) is 27.7 Å². The molecule has 0 amide bonds. The van der Waals surface area contributed by atoms with Crippen molar-refractivity contribution in [2.75, 3.05) is 13.2 Å². The second-order valence-corrected chi connectivity index (χ2v) is 10.1. The maximum atomic E-state index is 15.1. The minimum Gasteiger partial charge on any atom is -0.429 e. The second-order valence-electron chi connectivity index (χ2n) is 10.1. The Hall–Kier alpha value is -4.15. The van der Waals surface area contributed by atoms with E-state index in [4.69, 9.17) is 9.47 Å². The normalized spacial score (nSPS) is 17.1. The first-order chi connectivity index (χ1) is 20.6. The van der Waals surface area contributed by atoms with Crippen LogP contribution in [-0.2, 0) is 15.6 Å². The van der Waals surface area contributed by atoms with Crippen molar-refractivity contribution in [2.24, 2.45) is 5.92 Å². The minimum atomic E-state index is -4.04. The number of hydrogen-bond donors (Lipinski definition) is 0. The molecular formula is C33H25F7O3. The summed E-state index contributed by atoms with van der Waals surface area (Å²) in [6, 6.07) is 13.4. The fourth-order valence-electron chi connectivity index (χ4n) is 4.73. The number of allylic oxidation sites excluding steroid dienone is 1. The van der Waals surface area contributed by atoms with E-state index in [-0.39, 0.29) is 28.2 Å². The Morgan fingerprint density at radius 1 is 0.744 bits per heavy atom. The summed E-state index contributed by atoms with van der Waals surface area (Å²) < 4.78 is 115. The molecule has 43 heavy (non-hydrogen) atoms. The summed E-state index contributed by atoms with van der Waals surface area (Å²) in [7, 11) is 0. The summed E-state index contributed by atoms with van der Waals surface area (Å²) >= 11 is 0. The molecule has 0 N–H and O–H groups in total. The number of benzene rings is 4. The Morgan fingerprint density at radius 2 is 1.33 bits per heavy atom. The molecule has 5 rings (SSSR count). The predicted octanol–water partition coefficient (Wildman–Crippen LogP) is 9.47. The second kappa shape index (κ2) is 12.6. The zero-order valence-electron chi connectivity index (χ0n) is 22.6. The summed E-state index contributed by atoms with van der Waals surface area (Å²) in [5, 5.41) is 0. The van der Waals surface area contributed by atoms with E-state index in [2.05, 4.69) is 11.3 Å². The van der Waals surface area contributed by atoms with Crippen molar-refractivity contribution in [1.82, 2.24) is 0 Å². The van der Waals surface area contributed by atoms with Gasteiger partial charge in [0.25, 0.3) is 0 Å². The van der Waals surface area contributed by atoms with Crippen LogP contribution in [0.25, 0.3) is 22.3 Å². The van der Waals surface area contributed by atoms with Gasteiger partial charge in [0.1, 0.15) is 17.4 Å². The fraction of sp³-hybridized carbons (Fsp3) is 0.212. The molecule has 0 radical (unpaired) electrons. The van der Waals surface area contributed by atoms with Gasteiger partial charge in [0.15, 0.2) is 23.7 Å². The molecule has 0 spiro atoms. The van der Waals surface area contributed by atoms with Gasteiger partial charge in [0.2, 0.25) is 0 Å². The third-order valence-corrected chi connectivity index (χ3v) is 7.03. The molecule has 1 aliphatic heterocycles. The highest BCUT2D eigenvalue weighted by Gasteiger charge is 2.35. The summed E-state index contributed by atoms with van der Waals surface area (Å²) in [4.78, 5) is 0. The Kier molecular flexibility index (Phi) is 8.89. The third kappa shape index (κ3) is 6.76. The van der Waals surface area contributed by atoms with Gasteiger partial charge < -0.3 is 14.2 Å². The zero-order chi connectivity index (χ0) is 30.7. The molecule has 4 aromatic rings. The molecule has 1 fully saturated rings. The largest absolute Gasteiger partial charge is 0.429 e. The van der Waals surface area contributed by atoms with E-state index in [0.29, 0.717) is 30.9 Å². The van der Waals surface area contributed by atoms with Crippen LogP contribution in [-0.4, -0.2) is 13.2 Å². The predicted molar refractivity (Wildman–Crippen MR) is 146 cm³/mol. The number of hydrogen-bond acceptors (Lipinski definition) is 3. The summed E-state index contributed by atoms with van der Waals surface area (Å²) in [6.45, 7) is 4.66. The van der Waals surface area contributed by atoms with E-state index >= 15 is 8.78 Å². The van der Waals surface area contributed by atoms with Crippen LogP contribution in [0.5, 0.6) is 5.75 Å². The smallest absolute Gasteiger partial charge is 0.426 e. The van der Waals surface area contributed by atoms with Gasteiger partial charge in [0.05, 0.1) is 18.8 Å². The fourth-order valence-corrected chi connectivity index (χ4v) is 4.73. The first-order valence-electron chi connectivity index (χ1n) is 13.3. The van der Waals surface area contributed by atoms with Gasteiger partial charge in [-0.25, -0.2) is 22.0 Å². The standard InChI is InChI=1S/C33H25F7O3/c1-2-3-4-19-17-41-32(42-18-19)22-8-12-26(28(35)14-22)21-7-11-25(27(34)13-21)20-5-9-23(10-6-20)33(39,40)43-24-15-29(36)31(38)30(37)16-24/h2,5-16,19,32H,1,3-4,17-18H2. The number of halogens is 7. The van der Waals surface area contributed by atoms with Gasteiger partial charge in [-0.1, -0.05) is 42.5 Å². The molecule has 1 heterocycles. The Morgan fingerprint density at radius 3 is 1.93 bits per heavy atom. The van der Waals surface area contributed by atoms with E-state index in [9.17, 15) is 22.0 Å². The van der Waals surface area contributed by atoms with Gasteiger partial charge in [-0.2, -0.15) is 8.78 Å². The van der Waals surface area contributed by atoms with Crippen LogP contribution in [0.4, 0.5) is 30.7 Å². The molecular weight excluding hydrogens is 577 g/mol. The molecule has 1 aliphatic rings. The van der Waals surface area contributed by atoms with E-state index in [1.54, 1.807) is 6.07 Å². The quantitative estimate of drug-likeness (QED) is 0.109. The van der Waals surface area contributed by atoms with E-state index in [0.717, 1.165) is 31.0 Å². The van der Waals surface area contributed by atoms with Crippen LogP contribution in [0.1, 0.15) is 30.3 Å². The monoisotopic (exact) mass is 602 g/mol. The van der Waals surface area contributed by atoms with Gasteiger partial charge in [-0.05, 0) is 48.2 Å². The lowest BCUT2D eigenvalue weighted by atomic mass is 9.97. The molecule has 10 heteroatoms. The SMILES string of the molecule is C=CCCC1COC(c2ccc(-c3ccc(-c4ccc(C(F)(F)Oc5cc(F)c(F)c(F)c5)cc4)c(F)c3)c(F)c2)OC1. The molecule has 0 atom stereocenters. The van der Waals surface area contributed by atoms with Crippen molar-refractivity contribution in [3.8, 4) is 28.0 Å². The lowest BCUT2D eigenvalue weighted by molar-refractivity contribution is -0.205. The van der Waals surface area contributed by atoms with Crippen molar-refractivity contribution >= 4 is 0 Å². The van der Waals surface area contributed by atoms with Crippen LogP contribution in [0.2, 0.25) is 0 Å². The molecule has 0 saturated carbocycles. The van der Waals surface area contributed by atoms with Crippen LogP contribution in [0.3, 0.4) is 0 Å². The highest BCUT2D eigenvalue weighted by atomic mass is 19.3. The minimum absolute atomic E-state index is 0.0641. The average Bonchev–Trinajstić information content (AvgIpc) is 2.99. The molecule has 4 aromatic carbocycles. The lowest BCUT2D eigenvalue weighted by Crippen LogP contribution is -2.27. The summed E-state index contributed by atoms with van der Waals surface area (Å²) in [5.41, 5.74) is 0.505. The molecule has 0 bridgehead atoms. The number of alkyl halides is 2. The zero-order valence-corrected chi connectivity index (χ0v) is 22.6. The Labute approximate surface area is 243 Å². The Bertz CT molecular complexity index is 1590. The van der Waals surface area contributed by atoms with Gasteiger partial charge in [0, 0.05) is 34.7 Å². The Balaban J connectivity index is 1.28. The molecule has 0 aromatic heterocycles. The first kappa shape index (κ1) is 30.3.